The highest BCUT2D eigenvalue weighted by Crippen LogP contribution is 2.13. The highest BCUT2D eigenvalue weighted by Gasteiger charge is 2.25. The summed E-state index contributed by atoms with van der Waals surface area (Å²) in [6, 6.07) is 0.571. The number of hydrogen-bond acceptors (Lipinski definition) is 5. The van der Waals surface area contributed by atoms with Crippen molar-refractivity contribution in [3.63, 3.8) is 0 Å². The third-order valence-electron chi connectivity index (χ3n) is 3.73. The Kier molecular flexibility index (Phi) is 7.28. The van der Waals surface area contributed by atoms with Gasteiger partial charge in [-0.05, 0) is 19.4 Å². The minimum absolute atomic E-state index is 0.299. The molecule has 1 fully saturated rings. The summed E-state index contributed by atoms with van der Waals surface area (Å²) in [6.07, 6.45) is 3.18. The fourth-order valence-electron chi connectivity index (χ4n) is 2.60. The van der Waals surface area contributed by atoms with E-state index in [4.69, 9.17) is 4.74 Å². The van der Waals surface area contributed by atoms with Crippen LogP contribution in [0.4, 0.5) is 0 Å². The van der Waals surface area contributed by atoms with Crippen molar-refractivity contribution in [2.24, 2.45) is 0 Å². The third kappa shape index (κ3) is 6.70. The van der Waals surface area contributed by atoms with Crippen molar-refractivity contribution in [1.29, 1.82) is 0 Å². The molecule has 0 radical (unpaired) electrons. The van der Waals surface area contributed by atoms with Crippen LogP contribution in [0.5, 0.6) is 0 Å². The van der Waals surface area contributed by atoms with Crippen LogP contribution >= 0.6 is 0 Å². The maximum absolute atomic E-state index is 11.1. The topological polar surface area (TPSA) is 49.9 Å². The van der Waals surface area contributed by atoms with Gasteiger partial charge in [0.25, 0.3) is 0 Å². The summed E-state index contributed by atoms with van der Waals surface area (Å²) in [6.45, 7) is 8.01. The quantitative estimate of drug-likeness (QED) is 0.651. The molecule has 1 aliphatic heterocycles. The zero-order valence-electron chi connectivity index (χ0n) is 12.5. The molecule has 0 amide bonds. The summed E-state index contributed by atoms with van der Waals surface area (Å²) in [5.74, 6) is 0.299. The van der Waals surface area contributed by atoms with E-state index in [2.05, 4.69) is 16.7 Å². The van der Waals surface area contributed by atoms with E-state index < -0.39 is 9.84 Å². The van der Waals surface area contributed by atoms with E-state index in [0.29, 0.717) is 11.8 Å². The van der Waals surface area contributed by atoms with Gasteiger partial charge < -0.3 is 9.64 Å². The van der Waals surface area contributed by atoms with Gasteiger partial charge in [-0.2, -0.15) is 0 Å². The number of rotatable bonds is 8. The predicted molar refractivity (Wildman–Crippen MR) is 78.3 cm³/mol. The molecule has 0 bridgehead atoms. The third-order valence-corrected chi connectivity index (χ3v) is 4.76. The molecule has 1 aliphatic rings. The van der Waals surface area contributed by atoms with Gasteiger partial charge in [-0.15, -0.1) is 0 Å². The Labute approximate surface area is 117 Å². The monoisotopic (exact) mass is 292 g/mol. The lowest BCUT2D eigenvalue weighted by Gasteiger charge is -2.41. The summed E-state index contributed by atoms with van der Waals surface area (Å²) in [7, 11) is -1.08. The van der Waals surface area contributed by atoms with Crippen LogP contribution in [0.25, 0.3) is 0 Å². The van der Waals surface area contributed by atoms with Crippen molar-refractivity contribution in [2.45, 2.75) is 25.8 Å². The standard InChI is InChI=1S/C13H28N2O3S/c1-4-13-12-14(6-5-11-19(3,16)17)7-8-15(13)9-10-18-2/h13H,4-12H2,1-3H3. The number of nitrogens with zero attached hydrogens (tertiary/aromatic N) is 2. The molecule has 114 valence electrons. The minimum atomic E-state index is -2.82. The lowest BCUT2D eigenvalue weighted by molar-refractivity contribution is 0.0500. The minimum Gasteiger partial charge on any atom is -0.383 e. The Morgan fingerprint density at radius 2 is 2.00 bits per heavy atom. The Hall–Kier alpha value is -0.170. The van der Waals surface area contributed by atoms with Gasteiger partial charge >= 0.3 is 0 Å². The second kappa shape index (κ2) is 8.19. The van der Waals surface area contributed by atoms with E-state index in [-0.39, 0.29) is 0 Å². The fraction of sp³-hybridized carbons (Fsp3) is 1.00. The molecule has 0 saturated carbocycles. The molecular formula is C13H28N2O3S. The number of methoxy groups -OCH3 is 1. The first-order valence-corrected chi connectivity index (χ1v) is 9.15. The normalized spacial score (nSPS) is 22.8. The Balaban J connectivity index is 2.33. The van der Waals surface area contributed by atoms with E-state index >= 15 is 0 Å². The lowest BCUT2D eigenvalue weighted by atomic mass is 10.1. The van der Waals surface area contributed by atoms with Crippen LogP contribution in [-0.4, -0.2) is 82.7 Å². The highest BCUT2D eigenvalue weighted by atomic mass is 32.2. The van der Waals surface area contributed by atoms with Crippen LogP contribution in [0.1, 0.15) is 19.8 Å². The molecule has 1 saturated heterocycles. The van der Waals surface area contributed by atoms with Crippen molar-refractivity contribution in [2.75, 3.05) is 58.4 Å². The maximum atomic E-state index is 11.1. The lowest BCUT2D eigenvalue weighted by Crippen LogP contribution is -2.53. The van der Waals surface area contributed by atoms with Gasteiger partial charge in [-0.3, -0.25) is 4.90 Å². The van der Waals surface area contributed by atoms with E-state index in [9.17, 15) is 8.42 Å². The van der Waals surface area contributed by atoms with E-state index in [1.807, 2.05) is 0 Å². The molecule has 0 aliphatic carbocycles. The van der Waals surface area contributed by atoms with Crippen molar-refractivity contribution >= 4 is 9.84 Å². The number of ether oxygens (including phenoxy) is 1. The summed E-state index contributed by atoms with van der Waals surface area (Å²) in [4.78, 5) is 4.87. The van der Waals surface area contributed by atoms with Crippen molar-refractivity contribution < 1.29 is 13.2 Å². The molecule has 19 heavy (non-hydrogen) atoms. The summed E-state index contributed by atoms with van der Waals surface area (Å²) in [5.41, 5.74) is 0. The van der Waals surface area contributed by atoms with Gasteiger partial charge in [0, 0.05) is 45.6 Å². The summed E-state index contributed by atoms with van der Waals surface area (Å²) < 4.78 is 27.4. The average Bonchev–Trinajstić information content (AvgIpc) is 2.35. The largest absolute Gasteiger partial charge is 0.383 e. The number of sulfone groups is 1. The highest BCUT2D eigenvalue weighted by molar-refractivity contribution is 7.90. The molecule has 6 heteroatoms. The molecule has 1 heterocycles. The Morgan fingerprint density at radius 1 is 1.26 bits per heavy atom. The van der Waals surface area contributed by atoms with Crippen LogP contribution in [0, 0.1) is 0 Å². The van der Waals surface area contributed by atoms with Gasteiger partial charge in [0.05, 0.1) is 12.4 Å². The first-order valence-electron chi connectivity index (χ1n) is 7.09. The SMILES string of the molecule is CCC1CN(CCCS(C)(=O)=O)CCN1CCOC. The van der Waals surface area contributed by atoms with Crippen LogP contribution in [0.2, 0.25) is 0 Å². The van der Waals surface area contributed by atoms with E-state index in [0.717, 1.165) is 52.2 Å². The zero-order chi connectivity index (χ0) is 14.3. The second-order valence-electron chi connectivity index (χ2n) is 5.37. The predicted octanol–water partition coefficient (Wildman–Crippen LogP) is 0.464. The molecule has 0 aromatic carbocycles. The van der Waals surface area contributed by atoms with Crippen LogP contribution < -0.4 is 0 Å². The molecule has 0 N–H and O–H groups in total. The van der Waals surface area contributed by atoms with Crippen molar-refractivity contribution in [1.82, 2.24) is 9.80 Å². The fourth-order valence-corrected chi connectivity index (χ4v) is 3.25. The number of hydrogen-bond donors (Lipinski definition) is 0. The number of piperazine rings is 1. The van der Waals surface area contributed by atoms with Crippen LogP contribution in [0.15, 0.2) is 0 Å². The van der Waals surface area contributed by atoms with Gasteiger partial charge in [0.1, 0.15) is 9.84 Å². The first-order chi connectivity index (χ1) is 8.96. The van der Waals surface area contributed by atoms with Gasteiger partial charge in [0.2, 0.25) is 0 Å². The maximum Gasteiger partial charge on any atom is 0.147 e. The molecule has 1 atom stereocenters. The molecule has 0 spiro atoms. The van der Waals surface area contributed by atoms with Gasteiger partial charge in [-0.25, -0.2) is 8.42 Å². The zero-order valence-corrected chi connectivity index (χ0v) is 13.3. The van der Waals surface area contributed by atoms with Crippen molar-refractivity contribution in [3.05, 3.63) is 0 Å². The molecule has 1 unspecified atom stereocenters. The molecule has 5 nitrogen and oxygen atoms in total. The van der Waals surface area contributed by atoms with Crippen molar-refractivity contribution in [3.8, 4) is 0 Å². The molecule has 1 rings (SSSR count). The second-order valence-corrected chi connectivity index (χ2v) is 7.63. The summed E-state index contributed by atoms with van der Waals surface area (Å²) >= 11 is 0. The molecule has 0 aromatic heterocycles. The smallest absolute Gasteiger partial charge is 0.147 e. The van der Waals surface area contributed by atoms with Gasteiger partial charge in [-0.1, -0.05) is 6.92 Å². The average molecular weight is 292 g/mol. The van der Waals surface area contributed by atoms with Crippen LogP contribution in [-0.2, 0) is 14.6 Å². The Bertz CT molecular complexity index is 346. The van der Waals surface area contributed by atoms with E-state index in [1.165, 1.54) is 6.26 Å². The molecular weight excluding hydrogens is 264 g/mol. The molecule has 0 aromatic rings. The summed E-state index contributed by atoms with van der Waals surface area (Å²) in [5, 5.41) is 0. The van der Waals surface area contributed by atoms with Crippen LogP contribution in [0.3, 0.4) is 0 Å². The first kappa shape index (κ1) is 16.9. The van der Waals surface area contributed by atoms with E-state index in [1.54, 1.807) is 7.11 Å². The van der Waals surface area contributed by atoms with Gasteiger partial charge in [0.15, 0.2) is 0 Å². The Morgan fingerprint density at radius 3 is 2.58 bits per heavy atom.